The van der Waals surface area contributed by atoms with Gasteiger partial charge in [0, 0.05) is 30.6 Å². The maximum atomic E-state index is 14.8. The summed E-state index contributed by atoms with van der Waals surface area (Å²) in [6, 6.07) is 3.03. The molecule has 0 radical (unpaired) electrons. The number of carbonyl (C=O) groups is 3. The zero-order chi connectivity index (χ0) is 34.3. The second kappa shape index (κ2) is 12.9. The third kappa shape index (κ3) is 7.39. The van der Waals surface area contributed by atoms with E-state index in [2.05, 4.69) is 20.6 Å². The highest BCUT2D eigenvalue weighted by Crippen LogP contribution is 2.41. The quantitative estimate of drug-likeness (QED) is 0.258. The highest BCUT2D eigenvalue weighted by molar-refractivity contribution is 7.19. The third-order valence-corrected chi connectivity index (χ3v) is 8.58. The summed E-state index contributed by atoms with van der Waals surface area (Å²) in [6.07, 6.45) is 1.43. The number of pyridine rings is 1. The van der Waals surface area contributed by atoms with Crippen LogP contribution in [-0.2, 0) is 11.2 Å². The first kappa shape index (κ1) is 33.8. The number of halogens is 2. The molecule has 2 aliphatic rings. The van der Waals surface area contributed by atoms with Gasteiger partial charge in [0.25, 0.3) is 5.91 Å². The summed E-state index contributed by atoms with van der Waals surface area (Å²) in [6.45, 7) is 11.9. The fourth-order valence-electron chi connectivity index (χ4n) is 5.88. The van der Waals surface area contributed by atoms with E-state index in [-0.39, 0.29) is 21.7 Å². The molecule has 0 aliphatic carbocycles. The maximum Gasteiger partial charge on any atom is 0.412 e. The predicted octanol–water partition coefficient (Wildman–Crippen LogP) is 6.76. The Bertz CT molecular complexity index is 1680. The molecule has 3 aromatic rings. The largest absolute Gasteiger partial charge is 0.477 e. The molecule has 47 heavy (non-hydrogen) atoms. The summed E-state index contributed by atoms with van der Waals surface area (Å²) >= 11 is 0.724. The van der Waals surface area contributed by atoms with E-state index >= 15 is 0 Å². The van der Waals surface area contributed by atoms with E-state index in [1.54, 1.807) is 20.8 Å². The molecule has 1 atom stereocenters. The number of hydrogen-bond acceptors (Lipinski definition) is 9. The van der Waals surface area contributed by atoms with E-state index < -0.39 is 46.4 Å². The molecule has 3 amide bonds. The lowest BCUT2D eigenvalue weighted by Crippen LogP contribution is -2.57. The van der Waals surface area contributed by atoms with Crippen LogP contribution < -0.4 is 20.3 Å². The number of amides is 3. The van der Waals surface area contributed by atoms with Crippen LogP contribution in [0.1, 0.15) is 70.4 Å². The average Bonchev–Trinajstić information content (AvgIpc) is 3.58. The standard InChI is InChI=1S/C32H38F2N6O6S/c1-31(2,3)40(30(43)44)17-9-8-13-39(16-17)24-18-12-14-45-26(18)35-15-21(24)36-25(41)23-28(38-29(42)46-32(4,5)6)47-27(37-23)22-19(33)10-7-11-20(22)34/h7,10-11,15,17H,8-9,12-14,16H2,1-6H3,(H,36,41)(H,38,42)(H,43,44)/t17-/m0/s1. The molecule has 4 heterocycles. The molecule has 5 rings (SSSR count). The van der Waals surface area contributed by atoms with Crippen LogP contribution in [0.15, 0.2) is 24.4 Å². The number of ether oxygens (including phenoxy) is 2. The van der Waals surface area contributed by atoms with Crippen molar-refractivity contribution in [3.05, 3.63) is 47.3 Å². The van der Waals surface area contributed by atoms with Crippen molar-refractivity contribution < 1.29 is 37.7 Å². The number of rotatable bonds is 6. The van der Waals surface area contributed by atoms with Gasteiger partial charge in [-0.25, -0.2) is 28.3 Å². The van der Waals surface area contributed by atoms with Crippen molar-refractivity contribution >= 4 is 45.8 Å². The lowest BCUT2D eigenvalue weighted by atomic mass is 9.96. The van der Waals surface area contributed by atoms with Crippen LogP contribution in [-0.4, -0.2) is 74.9 Å². The van der Waals surface area contributed by atoms with Crippen molar-refractivity contribution in [1.82, 2.24) is 14.9 Å². The topological polar surface area (TPSA) is 146 Å². The number of piperidine rings is 1. The monoisotopic (exact) mass is 672 g/mol. The fraction of sp³-hybridized carbons (Fsp3) is 0.469. The minimum Gasteiger partial charge on any atom is -0.477 e. The zero-order valence-corrected chi connectivity index (χ0v) is 27.9. The highest BCUT2D eigenvalue weighted by atomic mass is 32.1. The summed E-state index contributed by atoms with van der Waals surface area (Å²) in [7, 11) is 0. The number of thiazole rings is 1. The van der Waals surface area contributed by atoms with Crippen molar-refractivity contribution in [1.29, 1.82) is 0 Å². The van der Waals surface area contributed by atoms with Crippen molar-refractivity contribution in [2.45, 2.75) is 78.0 Å². The second-order valence-electron chi connectivity index (χ2n) is 13.3. The Balaban J connectivity index is 1.52. The zero-order valence-electron chi connectivity index (χ0n) is 27.1. The molecule has 0 unspecified atom stereocenters. The molecule has 12 nitrogen and oxygen atoms in total. The van der Waals surface area contributed by atoms with E-state index in [1.165, 1.54) is 17.2 Å². The minimum absolute atomic E-state index is 0.0753. The SMILES string of the molecule is CC(C)(C)OC(=O)Nc1sc(-c2c(F)cccc2F)nc1C(=O)Nc1cnc2c(c1N1CCC[C@H](N(C(=O)O)C(C)(C)C)C1)CCO2. The molecular weight excluding hydrogens is 634 g/mol. The van der Waals surface area contributed by atoms with Crippen LogP contribution in [0.25, 0.3) is 10.6 Å². The van der Waals surface area contributed by atoms with Crippen LogP contribution in [0.3, 0.4) is 0 Å². The van der Waals surface area contributed by atoms with Crippen LogP contribution >= 0.6 is 11.3 Å². The van der Waals surface area contributed by atoms with E-state index in [9.17, 15) is 28.3 Å². The molecule has 2 aromatic heterocycles. The van der Waals surface area contributed by atoms with Gasteiger partial charge in [0.2, 0.25) is 5.88 Å². The first-order chi connectivity index (χ1) is 22.0. The number of anilines is 3. The summed E-state index contributed by atoms with van der Waals surface area (Å²) in [5, 5.41) is 15.2. The molecule has 2 aliphatic heterocycles. The molecule has 0 bridgehead atoms. The normalized spacial score (nSPS) is 16.3. The molecule has 1 aromatic carbocycles. The van der Waals surface area contributed by atoms with Gasteiger partial charge in [0.15, 0.2) is 5.69 Å². The highest BCUT2D eigenvalue weighted by Gasteiger charge is 2.38. The number of nitrogens with zero attached hydrogens (tertiary/aromatic N) is 4. The van der Waals surface area contributed by atoms with E-state index in [1.807, 2.05) is 25.7 Å². The Morgan fingerprint density at radius 3 is 2.47 bits per heavy atom. The molecule has 0 spiro atoms. The molecule has 3 N–H and O–H groups in total. The predicted molar refractivity (Wildman–Crippen MR) is 174 cm³/mol. The van der Waals surface area contributed by atoms with Gasteiger partial charge in [-0.3, -0.25) is 15.0 Å². The number of carbonyl (C=O) groups excluding carboxylic acids is 2. The van der Waals surface area contributed by atoms with Crippen molar-refractivity contribution in [2.24, 2.45) is 0 Å². The number of hydrogen-bond donors (Lipinski definition) is 3. The molecule has 0 saturated carbocycles. The summed E-state index contributed by atoms with van der Waals surface area (Å²) in [5.74, 6) is -2.12. The number of nitrogens with one attached hydrogen (secondary N) is 2. The lowest BCUT2D eigenvalue weighted by Gasteiger charge is -2.45. The molecule has 1 fully saturated rings. The average molecular weight is 673 g/mol. The van der Waals surface area contributed by atoms with Crippen molar-refractivity contribution in [2.75, 3.05) is 35.2 Å². The summed E-state index contributed by atoms with van der Waals surface area (Å²) in [5.41, 5.74) is -0.517. The number of aromatic nitrogens is 2. The van der Waals surface area contributed by atoms with Crippen LogP contribution in [0, 0.1) is 11.6 Å². The van der Waals surface area contributed by atoms with Gasteiger partial charge in [0.1, 0.15) is 27.2 Å². The first-order valence-corrected chi connectivity index (χ1v) is 16.0. The van der Waals surface area contributed by atoms with Crippen molar-refractivity contribution in [3.63, 3.8) is 0 Å². The van der Waals surface area contributed by atoms with Crippen LogP contribution in [0.2, 0.25) is 0 Å². The van der Waals surface area contributed by atoms with Gasteiger partial charge in [-0.2, -0.15) is 0 Å². The van der Waals surface area contributed by atoms with Crippen LogP contribution in [0.5, 0.6) is 5.88 Å². The van der Waals surface area contributed by atoms with Gasteiger partial charge in [-0.15, -0.1) is 0 Å². The third-order valence-electron chi connectivity index (χ3n) is 7.59. The Kier molecular flexibility index (Phi) is 9.31. The van der Waals surface area contributed by atoms with Gasteiger partial charge >= 0.3 is 12.2 Å². The molecule has 15 heteroatoms. The van der Waals surface area contributed by atoms with E-state index in [0.29, 0.717) is 56.2 Å². The van der Waals surface area contributed by atoms with Gasteiger partial charge in [-0.1, -0.05) is 17.4 Å². The Morgan fingerprint density at radius 1 is 1.13 bits per heavy atom. The molecule has 252 valence electrons. The van der Waals surface area contributed by atoms with E-state index in [4.69, 9.17) is 9.47 Å². The second-order valence-corrected chi connectivity index (χ2v) is 14.3. The number of benzene rings is 1. The van der Waals surface area contributed by atoms with Gasteiger partial charge < -0.3 is 24.8 Å². The van der Waals surface area contributed by atoms with Gasteiger partial charge in [0.05, 0.1) is 35.8 Å². The molecule has 1 saturated heterocycles. The smallest absolute Gasteiger partial charge is 0.412 e. The Morgan fingerprint density at radius 2 is 1.83 bits per heavy atom. The van der Waals surface area contributed by atoms with E-state index in [0.717, 1.165) is 29.0 Å². The number of fused-ring (bicyclic) bond motifs is 1. The first-order valence-electron chi connectivity index (χ1n) is 15.2. The van der Waals surface area contributed by atoms with Gasteiger partial charge in [-0.05, 0) is 66.5 Å². The Hall–Kier alpha value is -4.53. The maximum absolute atomic E-state index is 14.8. The number of carboxylic acid groups (broad SMARTS) is 1. The van der Waals surface area contributed by atoms with Crippen molar-refractivity contribution in [3.8, 4) is 16.5 Å². The lowest BCUT2D eigenvalue weighted by molar-refractivity contribution is 0.0629. The minimum atomic E-state index is -1.02. The summed E-state index contributed by atoms with van der Waals surface area (Å²) < 4.78 is 40.6. The fourth-order valence-corrected chi connectivity index (χ4v) is 6.88. The Labute approximate surface area is 275 Å². The van der Waals surface area contributed by atoms with Crippen LogP contribution in [0.4, 0.5) is 34.7 Å². The molecular formula is C32H38F2N6O6S. The summed E-state index contributed by atoms with van der Waals surface area (Å²) in [4.78, 5) is 51.1.